The first-order valence-electron chi connectivity index (χ1n) is 7.29. The van der Waals surface area contributed by atoms with Gasteiger partial charge in [0.05, 0.1) is 0 Å². The van der Waals surface area contributed by atoms with Gasteiger partial charge in [-0.2, -0.15) is 0 Å². The molecule has 0 amide bonds. The van der Waals surface area contributed by atoms with Crippen molar-refractivity contribution in [3.8, 4) is 0 Å². The highest BCUT2D eigenvalue weighted by molar-refractivity contribution is 5.00. The molecule has 0 heterocycles. The summed E-state index contributed by atoms with van der Waals surface area (Å²) in [6.07, 6.45) is 10.3. The first kappa shape index (κ1) is 12.5. The molecule has 16 heavy (non-hydrogen) atoms. The molecule has 0 aliphatic heterocycles. The topological polar surface area (TPSA) is 0 Å². The first-order chi connectivity index (χ1) is 7.29. The van der Waals surface area contributed by atoms with Crippen LogP contribution in [0, 0.1) is 22.2 Å². The van der Waals surface area contributed by atoms with Crippen LogP contribution in [0.3, 0.4) is 0 Å². The summed E-state index contributed by atoms with van der Waals surface area (Å²) >= 11 is 0. The van der Waals surface area contributed by atoms with E-state index in [-0.39, 0.29) is 0 Å². The fourth-order valence-corrected chi connectivity index (χ4v) is 4.32. The summed E-state index contributed by atoms with van der Waals surface area (Å²) in [5, 5.41) is 0. The summed E-state index contributed by atoms with van der Waals surface area (Å²) in [5.74, 6) is 0.960. The molecular weight excluding hydrogens is 192 g/mol. The maximum atomic E-state index is 2.50. The van der Waals surface area contributed by atoms with Crippen LogP contribution in [0.1, 0.15) is 79.6 Å². The van der Waals surface area contributed by atoms with Gasteiger partial charge < -0.3 is 0 Å². The predicted octanol–water partition coefficient (Wildman–Crippen LogP) is 5.42. The average molecular weight is 222 g/mol. The quantitative estimate of drug-likeness (QED) is 0.585. The highest BCUT2D eigenvalue weighted by Crippen LogP contribution is 2.61. The van der Waals surface area contributed by atoms with E-state index in [9.17, 15) is 0 Å². The van der Waals surface area contributed by atoms with Gasteiger partial charge in [-0.25, -0.2) is 0 Å². The van der Waals surface area contributed by atoms with Gasteiger partial charge in [-0.1, -0.05) is 47.5 Å². The van der Waals surface area contributed by atoms with Crippen molar-refractivity contribution in [2.45, 2.75) is 79.6 Å². The Hall–Kier alpha value is 0. The van der Waals surface area contributed by atoms with E-state index in [1.807, 2.05) is 0 Å². The van der Waals surface area contributed by atoms with Crippen LogP contribution < -0.4 is 0 Å². The highest BCUT2D eigenvalue weighted by Gasteiger charge is 2.49. The Kier molecular flexibility index (Phi) is 2.92. The maximum absolute atomic E-state index is 2.50. The zero-order chi connectivity index (χ0) is 12.0. The zero-order valence-electron chi connectivity index (χ0n) is 12.0. The van der Waals surface area contributed by atoms with E-state index in [2.05, 4.69) is 34.6 Å². The summed E-state index contributed by atoms with van der Waals surface area (Å²) in [6.45, 7) is 12.4. The van der Waals surface area contributed by atoms with Crippen molar-refractivity contribution in [1.82, 2.24) is 0 Å². The van der Waals surface area contributed by atoms with Crippen molar-refractivity contribution in [3.63, 3.8) is 0 Å². The van der Waals surface area contributed by atoms with E-state index in [0.717, 1.165) is 11.3 Å². The summed E-state index contributed by atoms with van der Waals surface area (Å²) in [4.78, 5) is 0. The average Bonchev–Trinajstić information content (AvgIpc) is 2.13. The lowest BCUT2D eigenvalue weighted by molar-refractivity contribution is -0.0544. The molecule has 0 bridgehead atoms. The molecule has 0 saturated heterocycles. The van der Waals surface area contributed by atoms with Crippen molar-refractivity contribution in [3.05, 3.63) is 0 Å². The van der Waals surface area contributed by atoms with Crippen molar-refractivity contribution >= 4 is 0 Å². The summed E-state index contributed by atoms with van der Waals surface area (Å²) in [5.41, 5.74) is 1.91. The number of hydrogen-bond donors (Lipinski definition) is 0. The monoisotopic (exact) mass is 222 g/mol. The summed E-state index contributed by atoms with van der Waals surface area (Å²) in [6, 6.07) is 0. The molecule has 0 aromatic rings. The van der Waals surface area contributed by atoms with Crippen LogP contribution in [0.15, 0.2) is 0 Å². The maximum Gasteiger partial charge on any atom is -0.0290 e. The van der Waals surface area contributed by atoms with Crippen LogP contribution in [-0.4, -0.2) is 0 Å². The van der Waals surface area contributed by atoms with Crippen molar-refractivity contribution in [1.29, 1.82) is 0 Å². The van der Waals surface area contributed by atoms with Gasteiger partial charge in [0.2, 0.25) is 0 Å². The highest BCUT2D eigenvalue weighted by atomic mass is 14.5. The molecule has 0 aromatic heterocycles. The molecule has 1 spiro atoms. The van der Waals surface area contributed by atoms with E-state index in [4.69, 9.17) is 0 Å². The Morgan fingerprint density at radius 3 is 2.19 bits per heavy atom. The lowest BCUT2D eigenvalue weighted by Crippen LogP contribution is -2.45. The predicted molar refractivity (Wildman–Crippen MR) is 71.5 cm³/mol. The molecule has 2 saturated carbocycles. The molecule has 2 aliphatic carbocycles. The minimum atomic E-state index is 0.556. The van der Waals surface area contributed by atoms with Crippen molar-refractivity contribution < 1.29 is 0 Å². The Morgan fingerprint density at radius 1 is 1.12 bits per heavy atom. The molecule has 94 valence electrons. The van der Waals surface area contributed by atoms with Gasteiger partial charge in [-0.15, -0.1) is 0 Å². The SMILES string of the molecule is CCC(C)(C)C1CC(C)(C)CC2(CCC2)C1. The van der Waals surface area contributed by atoms with Gasteiger partial charge in [-0.3, -0.25) is 0 Å². The molecular formula is C16H30. The first-order valence-corrected chi connectivity index (χ1v) is 7.29. The molecule has 2 aliphatic rings. The molecule has 0 N–H and O–H groups in total. The lowest BCUT2D eigenvalue weighted by Gasteiger charge is -2.56. The van der Waals surface area contributed by atoms with E-state index in [1.165, 1.54) is 44.9 Å². The van der Waals surface area contributed by atoms with E-state index < -0.39 is 0 Å². The largest absolute Gasteiger partial charge is 0.0649 e. The molecule has 1 unspecified atom stereocenters. The van der Waals surface area contributed by atoms with Crippen LogP contribution in [-0.2, 0) is 0 Å². The third-order valence-corrected chi connectivity index (χ3v) is 5.76. The van der Waals surface area contributed by atoms with E-state index >= 15 is 0 Å². The van der Waals surface area contributed by atoms with Crippen molar-refractivity contribution in [2.24, 2.45) is 22.2 Å². The normalized spacial score (nSPS) is 32.4. The van der Waals surface area contributed by atoms with Crippen molar-refractivity contribution in [2.75, 3.05) is 0 Å². The second kappa shape index (κ2) is 3.75. The van der Waals surface area contributed by atoms with Gasteiger partial charge >= 0.3 is 0 Å². The third-order valence-electron chi connectivity index (χ3n) is 5.76. The zero-order valence-corrected chi connectivity index (χ0v) is 12.0. The molecule has 0 radical (unpaired) electrons. The smallest absolute Gasteiger partial charge is 0.0290 e. The summed E-state index contributed by atoms with van der Waals surface area (Å²) < 4.78 is 0. The Labute approximate surface area is 102 Å². The van der Waals surface area contributed by atoms with Crippen LogP contribution in [0.5, 0.6) is 0 Å². The second-order valence-corrected chi connectivity index (χ2v) is 8.14. The fourth-order valence-electron chi connectivity index (χ4n) is 4.32. The molecule has 2 fully saturated rings. The van der Waals surface area contributed by atoms with E-state index in [1.54, 1.807) is 0 Å². The molecule has 2 rings (SSSR count). The van der Waals surface area contributed by atoms with Crippen LogP contribution in [0.2, 0.25) is 0 Å². The summed E-state index contributed by atoms with van der Waals surface area (Å²) in [7, 11) is 0. The van der Waals surface area contributed by atoms with Gasteiger partial charge in [0.25, 0.3) is 0 Å². The number of rotatable bonds is 2. The number of hydrogen-bond acceptors (Lipinski definition) is 0. The Balaban J connectivity index is 2.15. The molecule has 1 atom stereocenters. The van der Waals surface area contributed by atoms with Gasteiger partial charge in [0.15, 0.2) is 0 Å². The van der Waals surface area contributed by atoms with Crippen LogP contribution in [0.4, 0.5) is 0 Å². The van der Waals surface area contributed by atoms with Crippen LogP contribution >= 0.6 is 0 Å². The molecule has 0 aromatic carbocycles. The van der Waals surface area contributed by atoms with E-state index in [0.29, 0.717) is 10.8 Å². The molecule has 0 heteroatoms. The Bertz CT molecular complexity index is 255. The second-order valence-electron chi connectivity index (χ2n) is 8.14. The third kappa shape index (κ3) is 2.17. The minimum absolute atomic E-state index is 0.556. The standard InChI is InChI=1S/C16H30/c1-6-15(4,5)13-10-14(2,3)12-16(11-13)8-7-9-16/h13H,6-12H2,1-5H3. The lowest BCUT2D eigenvalue weighted by atomic mass is 9.49. The van der Waals surface area contributed by atoms with Crippen LogP contribution in [0.25, 0.3) is 0 Å². The fraction of sp³-hybridized carbons (Fsp3) is 1.00. The van der Waals surface area contributed by atoms with Gasteiger partial charge in [-0.05, 0) is 54.3 Å². The van der Waals surface area contributed by atoms with Gasteiger partial charge in [0.1, 0.15) is 0 Å². The Morgan fingerprint density at radius 2 is 1.75 bits per heavy atom. The molecule has 0 nitrogen and oxygen atoms in total. The van der Waals surface area contributed by atoms with Gasteiger partial charge in [0, 0.05) is 0 Å². The minimum Gasteiger partial charge on any atom is -0.0649 e.